The molecule has 0 unspecified atom stereocenters. The zero-order valence-corrected chi connectivity index (χ0v) is 16.6. The van der Waals surface area contributed by atoms with Crippen LogP contribution < -0.4 is 4.90 Å². The van der Waals surface area contributed by atoms with Crippen molar-refractivity contribution in [3.63, 3.8) is 0 Å². The highest BCUT2D eigenvalue weighted by molar-refractivity contribution is 6.32. The van der Waals surface area contributed by atoms with Gasteiger partial charge in [0.15, 0.2) is 0 Å². The number of hydrogen-bond donors (Lipinski definition) is 0. The lowest BCUT2D eigenvalue weighted by atomic mass is 10.1. The smallest absolute Gasteiger partial charge is 0.101 e. The summed E-state index contributed by atoms with van der Waals surface area (Å²) in [4.78, 5) is 4.87. The fraction of sp³-hybridized carbons (Fsp3) is 0.381. The van der Waals surface area contributed by atoms with Gasteiger partial charge in [-0.3, -0.25) is 4.90 Å². The second kappa shape index (κ2) is 8.31. The molecule has 0 radical (unpaired) electrons. The predicted molar refractivity (Wildman–Crippen MR) is 109 cm³/mol. The second-order valence-electron chi connectivity index (χ2n) is 7.03. The summed E-state index contributed by atoms with van der Waals surface area (Å²) in [5.74, 6) is 0. The molecule has 1 saturated heterocycles. The van der Waals surface area contributed by atoms with E-state index in [0.717, 1.165) is 42.3 Å². The minimum atomic E-state index is 0.387. The average Bonchev–Trinajstić information content (AvgIpc) is 3.11. The maximum absolute atomic E-state index is 9.15. The highest BCUT2D eigenvalue weighted by Gasteiger charge is 2.29. The molecule has 2 aromatic rings. The van der Waals surface area contributed by atoms with Crippen molar-refractivity contribution in [2.45, 2.75) is 38.9 Å². The number of anilines is 1. The minimum absolute atomic E-state index is 0.387. The van der Waals surface area contributed by atoms with Crippen molar-refractivity contribution >= 4 is 28.9 Å². The van der Waals surface area contributed by atoms with E-state index in [-0.39, 0.29) is 0 Å². The Kier molecular flexibility index (Phi) is 6.09. The Morgan fingerprint density at radius 1 is 1.19 bits per heavy atom. The molecule has 0 bridgehead atoms. The van der Waals surface area contributed by atoms with E-state index in [1.807, 2.05) is 30.3 Å². The lowest BCUT2D eigenvalue weighted by Gasteiger charge is -2.32. The Hall–Kier alpha value is -1.73. The molecule has 1 fully saturated rings. The maximum Gasteiger partial charge on any atom is 0.101 e. The van der Waals surface area contributed by atoms with Crippen molar-refractivity contribution in [3.05, 3.63) is 63.6 Å². The first kappa shape index (κ1) is 19.0. The summed E-state index contributed by atoms with van der Waals surface area (Å²) in [6.07, 6.45) is 1.10. The fourth-order valence-electron chi connectivity index (χ4n) is 3.51. The Morgan fingerprint density at radius 3 is 2.58 bits per heavy atom. The van der Waals surface area contributed by atoms with Crippen molar-refractivity contribution in [1.82, 2.24) is 4.90 Å². The molecule has 26 heavy (non-hydrogen) atoms. The summed E-state index contributed by atoms with van der Waals surface area (Å²) in [7, 11) is 0. The number of nitriles is 1. The van der Waals surface area contributed by atoms with E-state index < -0.39 is 0 Å². The van der Waals surface area contributed by atoms with Gasteiger partial charge in [0, 0.05) is 42.4 Å². The predicted octanol–water partition coefficient (Wildman–Crippen LogP) is 5.35. The Labute approximate surface area is 165 Å². The molecule has 3 nitrogen and oxygen atoms in total. The van der Waals surface area contributed by atoms with E-state index in [2.05, 4.69) is 35.8 Å². The lowest BCUT2D eigenvalue weighted by Crippen LogP contribution is -2.38. The number of likely N-dealkylation sites (tertiary alicyclic amines) is 1. The molecule has 1 heterocycles. The van der Waals surface area contributed by atoms with Gasteiger partial charge in [0.1, 0.15) is 6.07 Å². The van der Waals surface area contributed by atoms with Crippen molar-refractivity contribution < 1.29 is 0 Å². The van der Waals surface area contributed by atoms with E-state index in [9.17, 15) is 0 Å². The van der Waals surface area contributed by atoms with Crippen LogP contribution in [0.15, 0.2) is 42.5 Å². The van der Waals surface area contributed by atoms with Gasteiger partial charge in [0.25, 0.3) is 0 Å². The van der Waals surface area contributed by atoms with Crippen LogP contribution in [0.3, 0.4) is 0 Å². The van der Waals surface area contributed by atoms with E-state index in [0.29, 0.717) is 22.7 Å². The fourth-order valence-corrected chi connectivity index (χ4v) is 3.92. The number of nitrogens with zero attached hydrogens (tertiary/aromatic N) is 3. The maximum atomic E-state index is 9.15. The molecule has 0 saturated carbocycles. The first-order valence-corrected chi connectivity index (χ1v) is 9.69. The van der Waals surface area contributed by atoms with Crippen LogP contribution in [-0.2, 0) is 6.54 Å². The van der Waals surface area contributed by atoms with Gasteiger partial charge in [0.05, 0.1) is 10.6 Å². The Bertz CT molecular complexity index is 813. The molecule has 3 rings (SSSR count). The van der Waals surface area contributed by atoms with E-state index in [4.69, 9.17) is 28.5 Å². The largest absolute Gasteiger partial charge is 0.363 e. The van der Waals surface area contributed by atoms with Crippen LogP contribution in [0.4, 0.5) is 5.69 Å². The van der Waals surface area contributed by atoms with Crippen molar-refractivity contribution in [1.29, 1.82) is 5.26 Å². The van der Waals surface area contributed by atoms with Crippen molar-refractivity contribution in [2.24, 2.45) is 0 Å². The van der Waals surface area contributed by atoms with Gasteiger partial charge in [-0.15, -0.1) is 0 Å². The molecule has 0 amide bonds. The minimum Gasteiger partial charge on any atom is -0.363 e. The van der Waals surface area contributed by atoms with Gasteiger partial charge in [-0.05, 0) is 50.1 Å². The Balaban J connectivity index is 1.93. The van der Waals surface area contributed by atoms with Crippen molar-refractivity contribution in [2.75, 3.05) is 18.0 Å². The van der Waals surface area contributed by atoms with Gasteiger partial charge in [-0.1, -0.05) is 41.4 Å². The van der Waals surface area contributed by atoms with Crippen LogP contribution >= 0.6 is 23.2 Å². The second-order valence-corrected chi connectivity index (χ2v) is 7.84. The van der Waals surface area contributed by atoms with Gasteiger partial charge in [-0.2, -0.15) is 5.26 Å². The van der Waals surface area contributed by atoms with Crippen LogP contribution in [0.2, 0.25) is 10.0 Å². The summed E-state index contributed by atoms with van der Waals surface area (Å²) < 4.78 is 0. The zero-order chi connectivity index (χ0) is 18.7. The topological polar surface area (TPSA) is 30.3 Å². The quantitative estimate of drug-likeness (QED) is 0.691. The molecule has 1 aliphatic rings. The van der Waals surface area contributed by atoms with Crippen LogP contribution in [0.1, 0.15) is 31.4 Å². The van der Waals surface area contributed by atoms with Crippen LogP contribution in [0.5, 0.6) is 0 Å². The van der Waals surface area contributed by atoms with Gasteiger partial charge >= 0.3 is 0 Å². The number of benzene rings is 2. The molecular weight excluding hydrogens is 365 g/mol. The van der Waals surface area contributed by atoms with Gasteiger partial charge in [0.2, 0.25) is 0 Å². The third-order valence-electron chi connectivity index (χ3n) is 5.07. The zero-order valence-electron chi connectivity index (χ0n) is 15.1. The summed E-state index contributed by atoms with van der Waals surface area (Å²) >= 11 is 12.7. The number of halogens is 2. The molecule has 0 spiro atoms. The number of rotatable bonds is 5. The third-order valence-corrected chi connectivity index (χ3v) is 5.75. The van der Waals surface area contributed by atoms with E-state index in [1.54, 1.807) is 6.07 Å². The SMILES string of the molecule is CC(C)N1CC[C@H](N(Cc2ccccc2Cl)c2ccc(C#N)c(Cl)c2)C1. The molecule has 0 N–H and O–H groups in total. The summed E-state index contributed by atoms with van der Waals surface area (Å²) in [6.45, 7) is 7.29. The van der Waals surface area contributed by atoms with E-state index >= 15 is 0 Å². The molecule has 0 aromatic heterocycles. The highest BCUT2D eigenvalue weighted by Crippen LogP contribution is 2.31. The molecule has 2 aromatic carbocycles. The lowest BCUT2D eigenvalue weighted by molar-refractivity contribution is 0.271. The summed E-state index contributed by atoms with van der Waals surface area (Å²) in [5.41, 5.74) is 2.63. The third kappa shape index (κ3) is 4.15. The first-order valence-electron chi connectivity index (χ1n) is 8.93. The molecule has 0 aliphatic carbocycles. The monoisotopic (exact) mass is 387 g/mol. The average molecular weight is 388 g/mol. The van der Waals surface area contributed by atoms with Crippen LogP contribution in [-0.4, -0.2) is 30.1 Å². The molecule has 1 aliphatic heterocycles. The molecule has 5 heteroatoms. The first-order chi connectivity index (χ1) is 12.5. The van der Waals surface area contributed by atoms with Crippen LogP contribution in [0, 0.1) is 11.3 Å². The number of hydrogen-bond acceptors (Lipinski definition) is 3. The normalized spacial score (nSPS) is 17.5. The van der Waals surface area contributed by atoms with E-state index in [1.165, 1.54) is 0 Å². The Morgan fingerprint density at radius 2 is 1.96 bits per heavy atom. The highest BCUT2D eigenvalue weighted by atomic mass is 35.5. The molecular formula is C21H23Cl2N3. The summed E-state index contributed by atoms with van der Waals surface area (Å²) in [5, 5.41) is 10.4. The van der Waals surface area contributed by atoms with Crippen LogP contribution in [0.25, 0.3) is 0 Å². The van der Waals surface area contributed by atoms with Gasteiger partial charge < -0.3 is 4.90 Å². The summed E-state index contributed by atoms with van der Waals surface area (Å²) in [6, 6.07) is 16.7. The van der Waals surface area contributed by atoms with Crippen molar-refractivity contribution in [3.8, 4) is 6.07 Å². The van der Waals surface area contributed by atoms with Gasteiger partial charge in [-0.25, -0.2) is 0 Å². The molecule has 1 atom stereocenters. The standard InChI is InChI=1S/C21H23Cl2N3/c1-15(2)25-10-9-19(14-25)26(13-17-5-3-4-6-20(17)22)18-8-7-16(12-24)21(23)11-18/h3-8,11,15,19H,9-10,13-14H2,1-2H3/t19-/m0/s1. The molecule has 136 valence electrons.